The van der Waals surface area contributed by atoms with E-state index < -0.39 is 12.1 Å². The van der Waals surface area contributed by atoms with Crippen molar-refractivity contribution in [3.8, 4) is 0 Å². The number of carbonyl (C=O) groups is 1. The van der Waals surface area contributed by atoms with E-state index in [0.29, 0.717) is 17.9 Å². The van der Waals surface area contributed by atoms with E-state index in [-0.39, 0.29) is 13.2 Å². The number of benzene rings is 2. The smallest absolute Gasteiger partial charge is 0.339 e. The Bertz CT molecular complexity index is 615. The number of carbonyl (C=O) groups excluding carboxylic acids is 1. The summed E-state index contributed by atoms with van der Waals surface area (Å²) in [5, 5.41) is 13.0. The van der Waals surface area contributed by atoms with Crippen molar-refractivity contribution in [3.63, 3.8) is 0 Å². The highest BCUT2D eigenvalue weighted by atomic mass is 16.5. The van der Waals surface area contributed by atoms with Crippen molar-refractivity contribution in [3.05, 3.63) is 65.7 Å². The van der Waals surface area contributed by atoms with Crippen LogP contribution in [-0.4, -0.2) is 37.4 Å². The van der Waals surface area contributed by atoms with Crippen molar-refractivity contribution in [1.29, 1.82) is 0 Å². The highest BCUT2D eigenvalue weighted by Crippen LogP contribution is 2.15. The molecule has 1 atom stereocenters. The van der Waals surface area contributed by atoms with Gasteiger partial charge in [-0.1, -0.05) is 42.5 Å². The van der Waals surface area contributed by atoms with Crippen LogP contribution in [0.3, 0.4) is 0 Å². The highest BCUT2D eigenvalue weighted by Gasteiger charge is 2.12. The number of rotatable bonds is 8. The molecule has 0 spiro atoms. The van der Waals surface area contributed by atoms with Gasteiger partial charge in [0.15, 0.2) is 0 Å². The zero-order valence-electron chi connectivity index (χ0n) is 13.1. The molecule has 122 valence electrons. The van der Waals surface area contributed by atoms with Crippen LogP contribution >= 0.6 is 0 Å². The lowest BCUT2D eigenvalue weighted by molar-refractivity contribution is 0.0348. The maximum Gasteiger partial charge on any atom is 0.339 e. The molecule has 0 aliphatic heterocycles. The summed E-state index contributed by atoms with van der Waals surface area (Å²) in [4.78, 5) is 11.7. The fourth-order valence-corrected chi connectivity index (χ4v) is 2.10. The lowest BCUT2D eigenvalue weighted by Gasteiger charge is -2.15. The van der Waals surface area contributed by atoms with Crippen LogP contribution in [0.4, 0.5) is 5.69 Å². The number of para-hydroxylation sites is 1. The lowest BCUT2D eigenvalue weighted by atomic mass is 10.1. The largest absolute Gasteiger partial charge is 0.465 e. The number of aliphatic hydroxyl groups is 1. The average Bonchev–Trinajstić information content (AvgIpc) is 2.60. The molecule has 0 heterocycles. The Morgan fingerprint density at radius 3 is 2.57 bits per heavy atom. The highest BCUT2D eigenvalue weighted by molar-refractivity contribution is 5.95. The van der Waals surface area contributed by atoms with Crippen LogP contribution in [0, 0.1) is 0 Å². The minimum Gasteiger partial charge on any atom is -0.465 e. The molecule has 2 aromatic carbocycles. The van der Waals surface area contributed by atoms with Gasteiger partial charge in [-0.2, -0.15) is 0 Å². The maximum atomic E-state index is 11.7. The summed E-state index contributed by atoms with van der Waals surface area (Å²) < 4.78 is 10.2. The number of hydrogen-bond donors (Lipinski definition) is 2. The fraction of sp³-hybridized carbons (Fsp3) is 0.278. The van der Waals surface area contributed by atoms with E-state index in [4.69, 9.17) is 9.47 Å². The van der Waals surface area contributed by atoms with Crippen LogP contribution in [0.15, 0.2) is 54.6 Å². The van der Waals surface area contributed by atoms with Crippen LogP contribution in [0.5, 0.6) is 0 Å². The van der Waals surface area contributed by atoms with Gasteiger partial charge in [-0.15, -0.1) is 0 Å². The van der Waals surface area contributed by atoms with Crippen molar-refractivity contribution < 1.29 is 19.4 Å². The van der Waals surface area contributed by atoms with Gasteiger partial charge in [0, 0.05) is 12.2 Å². The van der Waals surface area contributed by atoms with Gasteiger partial charge in [0.05, 0.1) is 32.0 Å². The molecular formula is C18H21NO4. The van der Waals surface area contributed by atoms with E-state index in [2.05, 4.69) is 5.32 Å². The Morgan fingerprint density at radius 1 is 1.13 bits per heavy atom. The van der Waals surface area contributed by atoms with Crippen molar-refractivity contribution in [2.75, 3.05) is 25.6 Å². The predicted octanol–water partition coefficient (Wildman–Crippen LogP) is 2.46. The van der Waals surface area contributed by atoms with Crippen LogP contribution in [-0.2, 0) is 16.1 Å². The Kier molecular flexibility index (Phi) is 6.59. The standard InChI is InChI=1S/C18H21NO4/c1-22-18(21)16-9-5-6-10-17(16)19-11-15(20)13-23-12-14-7-3-2-4-8-14/h2-10,15,19-20H,11-13H2,1H3. The minimum atomic E-state index is -0.676. The first kappa shape index (κ1) is 17.0. The number of esters is 1. The third-order valence-electron chi connectivity index (χ3n) is 3.28. The van der Waals surface area contributed by atoms with E-state index in [1.165, 1.54) is 7.11 Å². The van der Waals surface area contributed by atoms with Crippen molar-refractivity contribution in [1.82, 2.24) is 0 Å². The van der Waals surface area contributed by atoms with Gasteiger partial charge in [0.25, 0.3) is 0 Å². The van der Waals surface area contributed by atoms with Gasteiger partial charge in [0.2, 0.25) is 0 Å². The summed E-state index contributed by atoms with van der Waals surface area (Å²) in [6.07, 6.45) is -0.676. The molecule has 5 nitrogen and oxygen atoms in total. The average molecular weight is 315 g/mol. The summed E-state index contributed by atoms with van der Waals surface area (Å²) in [5.41, 5.74) is 2.12. The zero-order valence-corrected chi connectivity index (χ0v) is 13.1. The number of anilines is 1. The second-order valence-electron chi connectivity index (χ2n) is 5.07. The van der Waals surface area contributed by atoms with E-state index in [0.717, 1.165) is 5.56 Å². The van der Waals surface area contributed by atoms with Gasteiger partial charge >= 0.3 is 5.97 Å². The summed E-state index contributed by atoms with van der Waals surface area (Å²) in [7, 11) is 1.34. The first-order valence-corrected chi connectivity index (χ1v) is 7.41. The molecule has 0 aliphatic carbocycles. The molecule has 0 aromatic heterocycles. The second-order valence-corrected chi connectivity index (χ2v) is 5.07. The summed E-state index contributed by atoms with van der Waals surface area (Å²) >= 11 is 0. The Labute approximate surface area is 135 Å². The topological polar surface area (TPSA) is 67.8 Å². The third-order valence-corrected chi connectivity index (χ3v) is 3.28. The predicted molar refractivity (Wildman–Crippen MR) is 88.4 cm³/mol. The van der Waals surface area contributed by atoms with Crippen LogP contribution in [0.2, 0.25) is 0 Å². The third kappa shape index (κ3) is 5.39. The summed E-state index contributed by atoms with van der Waals surface area (Å²) in [6, 6.07) is 16.8. The van der Waals surface area contributed by atoms with Gasteiger partial charge in [-0.3, -0.25) is 0 Å². The number of aliphatic hydroxyl groups excluding tert-OH is 1. The van der Waals surface area contributed by atoms with E-state index in [9.17, 15) is 9.90 Å². The number of nitrogens with one attached hydrogen (secondary N) is 1. The van der Waals surface area contributed by atoms with Gasteiger partial charge in [-0.05, 0) is 17.7 Å². The van der Waals surface area contributed by atoms with Gasteiger partial charge in [-0.25, -0.2) is 4.79 Å². The molecule has 0 radical (unpaired) electrons. The first-order chi connectivity index (χ1) is 11.2. The molecule has 0 saturated heterocycles. The van der Waals surface area contributed by atoms with Gasteiger partial charge < -0.3 is 19.9 Å². The number of methoxy groups -OCH3 is 1. The number of ether oxygens (including phenoxy) is 2. The summed E-state index contributed by atoms with van der Waals surface area (Å²) in [6.45, 7) is 0.946. The maximum absolute atomic E-state index is 11.7. The van der Waals surface area contributed by atoms with E-state index >= 15 is 0 Å². The molecule has 0 fully saturated rings. The lowest BCUT2D eigenvalue weighted by Crippen LogP contribution is -2.25. The Hall–Kier alpha value is -2.37. The molecule has 0 saturated carbocycles. The van der Waals surface area contributed by atoms with Crippen LogP contribution < -0.4 is 5.32 Å². The normalized spacial score (nSPS) is 11.7. The van der Waals surface area contributed by atoms with E-state index in [1.54, 1.807) is 18.2 Å². The minimum absolute atomic E-state index is 0.211. The molecule has 0 bridgehead atoms. The molecule has 2 aromatic rings. The van der Waals surface area contributed by atoms with Crippen molar-refractivity contribution in [2.24, 2.45) is 0 Å². The number of hydrogen-bond acceptors (Lipinski definition) is 5. The Morgan fingerprint density at radius 2 is 1.83 bits per heavy atom. The SMILES string of the molecule is COC(=O)c1ccccc1NCC(O)COCc1ccccc1. The Balaban J connectivity index is 1.78. The molecule has 23 heavy (non-hydrogen) atoms. The zero-order chi connectivity index (χ0) is 16.5. The van der Waals surface area contributed by atoms with Crippen molar-refractivity contribution >= 4 is 11.7 Å². The molecule has 1 unspecified atom stereocenters. The molecule has 0 aliphatic rings. The molecule has 2 rings (SSSR count). The van der Waals surface area contributed by atoms with Crippen molar-refractivity contribution in [2.45, 2.75) is 12.7 Å². The first-order valence-electron chi connectivity index (χ1n) is 7.41. The molecule has 0 amide bonds. The van der Waals surface area contributed by atoms with Crippen LogP contribution in [0.25, 0.3) is 0 Å². The molecule has 5 heteroatoms. The fourth-order valence-electron chi connectivity index (χ4n) is 2.10. The second kappa shape index (κ2) is 8.92. The quantitative estimate of drug-likeness (QED) is 0.733. The summed E-state index contributed by atoms with van der Waals surface area (Å²) in [5.74, 6) is -0.414. The molecule has 2 N–H and O–H groups in total. The monoisotopic (exact) mass is 315 g/mol. The van der Waals surface area contributed by atoms with E-state index in [1.807, 2.05) is 36.4 Å². The molecular weight excluding hydrogens is 294 g/mol. The van der Waals surface area contributed by atoms with Gasteiger partial charge in [0.1, 0.15) is 0 Å². The van der Waals surface area contributed by atoms with Crippen LogP contribution in [0.1, 0.15) is 15.9 Å².